The molecule has 0 saturated heterocycles. The zero-order valence-corrected chi connectivity index (χ0v) is 13.7. The number of carbonyl (C=O) groups excluding carboxylic acids is 1. The predicted octanol–water partition coefficient (Wildman–Crippen LogP) is 2.97. The lowest BCUT2D eigenvalue weighted by molar-refractivity contribution is -0.138. The van der Waals surface area contributed by atoms with Crippen LogP contribution in [-0.4, -0.2) is 33.4 Å². The topological polar surface area (TPSA) is 70.5 Å². The van der Waals surface area contributed by atoms with Crippen molar-refractivity contribution in [1.82, 2.24) is 9.88 Å². The highest BCUT2D eigenvalue weighted by Crippen LogP contribution is 2.11. The molecule has 2 aromatic rings. The molecule has 1 heterocycles. The molecular weight excluding hydrogens is 312 g/mol. The number of nitrogens with zero attached hydrogens (tertiary/aromatic N) is 2. The van der Waals surface area contributed by atoms with E-state index in [1.807, 2.05) is 35.7 Å². The number of carboxylic acids is 1. The average molecular weight is 332 g/mol. The SMILES string of the molecule is O=C(O)CCCN(Cc1ccccc1)C(=O)CCc1nccs1. The Labute approximate surface area is 139 Å². The van der Waals surface area contributed by atoms with Crippen LogP contribution in [0, 0.1) is 0 Å². The van der Waals surface area contributed by atoms with Crippen molar-refractivity contribution in [3.63, 3.8) is 0 Å². The number of aliphatic carboxylic acids is 1. The van der Waals surface area contributed by atoms with Gasteiger partial charge in [0.05, 0.1) is 5.01 Å². The Bertz CT molecular complexity index is 614. The van der Waals surface area contributed by atoms with Gasteiger partial charge >= 0.3 is 5.97 Å². The standard InChI is InChI=1S/C17H20N2O3S/c20-16(9-8-15-18-10-12-23-15)19(11-4-7-17(21)22)13-14-5-2-1-3-6-14/h1-3,5-6,10,12H,4,7-9,11,13H2,(H,21,22). The van der Waals surface area contributed by atoms with Crippen molar-refractivity contribution in [2.75, 3.05) is 6.54 Å². The van der Waals surface area contributed by atoms with Gasteiger partial charge in [-0.15, -0.1) is 11.3 Å². The number of aromatic nitrogens is 1. The zero-order chi connectivity index (χ0) is 16.5. The minimum Gasteiger partial charge on any atom is -0.481 e. The highest BCUT2D eigenvalue weighted by atomic mass is 32.1. The van der Waals surface area contributed by atoms with Crippen LogP contribution in [0.2, 0.25) is 0 Å². The summed E-state index contributed by atoms with van der Waals surface area (Å²) in [5, 5.41) is 11.6. The molecular formula is C17H20N2O3S. The van der Waals surface area contributed by atoms with Crippen molar-refractivity contribution < 1.29 is 14.7 Å². The normalized spacial score (nSPS) is 10.4. The van der Waals surface area contributed by atoms with Crippen LogP contribution >= 0.6 is 11.3 Å². The zero-order valence-electron chi connectivity index (χ0n) is 12.9. The summed E-state index contributed by atoms with van der Waals surface area (Å²) < 4.78 is 0. The van der Waals surface area contributed by atoms with Gasteiger partial charge in [0.1, 0.15) is 0 Å². The molecule has 0 spiro atoms. The van der Waals surface area contributed by atoms with E-state index in [2.05, 4.69) is 4.98 Å². The third kappa shape index (κ3) is 6.20. The number of rotatable bonds is 9. The van der Waals surface area contributed by atoms with Crippen molar-refractivity contribution in [1.29, 1.82) is 0 Å². The summed E-state index contributed by atoms with van der Waals surface area (Å²) in [6.45, 7) is 0.967. The van der Waals surface area contributed by atoms with Gasteiger partial charge in [0, 0.05) is 43.9 Å². The maximum atomic E-state index is 12.5. The first-order valence-corrected chi connectivity index (χ1v) is 8.45. The number of thiazole rings is 1. The van der Waals surface area contributed by atoms with Crippen LogP contribution in [0.5, 0.6) is 0 Å². The highest BCUT2D eigenvalue weighted by molar-refractivity contribution is 7.09. The fourth-order valence-corrected chi connectivity index (χ4v) is 2.89. The lowest BCUT2D eigenvalue weighted by Gasteiger charge is -2.22. The van der Waals surface area contributed by atoms with Gasteiger partial charge in [-0.2, -0.15) is 0 Å². The minimum absolute atomic E-state index is 0.0365. The molecule has 122 valence electrons. The molecule has 0 aliphatic heterocycles. The van der Waals surface area contributed by atoms with Crippen LogP contribution in [0.3, 0.4) is 0 Å². The molecule has 0 bridgehead atoms. The Morgan fingerprint density at radius 3 is 2.61 bits per heavy atom. The first kappa shape index (κ1) is 17.1. The fraction of sp³-hybridized carbons (Fsp3) is 0.353. The van der Waals surface area contributed by atoms with Gasteiger partial charge in [-0.1, -0.05) is 30.3 Å². The molecule has 0 aliphatic rings. The number of hydrogen-bond donors (Lipinski definition) is 1. The number of hydrogen-bond acceptors (Lipinski definition) is 4. The van der Waals surface area contributed by atoms with Crippen molar-refractivity contribution in [2.45, 2.75) is 32.2 Å². The molecule has 1 amide bonds. The third-order valence-corrected chi connectivity index (χ3v) is 4.26. The van der Waals surface area contributed by atoms with Crippen LogP contribution in [0.15, 0.2) is 41.9 Å². The van der Waals surface area contributed by atoms with Crippen LogP contribution < -0.4 is 0 Å². The first-order chi connectivity index (χ1) is 11.1. The van der Waals surface area contributed by atoms with Crippen molar-refractivity contribution in [3.05, 3.63) is 52.5 Å². The van der Waals surface area contributed by atoms with E-state index in [4.69, 9.17) is 5.11 Å². The molecule has 23 heavy (non-hydrogen) atoms. The molecule has 0 radical (unpaired) electrons. The Balaban J connectivity index is 1.93. The smallest absolute Gasteiger partial charge is 0.303 e. The summed E-state index contributed by atoms with van der Waals surface area (Å²) in [7, 11) is 0. The number of carbonyl (C=O) groups is 2. The first-order valence-electron chi connectivity index (χ1n) is 7.57. The fourth-order valence-electron chi connectivity index (χ4n) is 2.27. The molecule has 2 rings (SSSR count). The maximum Gasteiger partial charge on any atom is 0.303 e. The molecule has 6 heteroatoms. The largest absolute Gasteiger partial charge is 0.481 e. The number of amides is 1. The van der Waals surface area contributed by atoms with Gasteiger partial charge in [-0.05, 0) is 12.0 Å². The van der Waals surface area contributed by atoms with Gasteiger partial charge in [0.15, 0.2) is 0 Å². The number of aryl methyl sites for hydroxylation is 1. The van der Waals surface area contributed by atoms with Gasteiger partial charge in [-0.25, -0.2) is 4.98 Å². The Morgan fingerprint density at radius 2 is 1.96 bits per heavy atom. The van der Waals surface area contributed by atoms with Gasteiger partial charge in [0.2, 0.25) is 5.91 Å². The highest BCUT2D eigenvalue weighted by Gasteiger charge is 2.15. The van der Waals surface area contributed by atoms with E-state index in [0.717, 1.165) is 10.6 Å². The molecule has 0 saturated carbocycles. The van der Waals surface area contributed by atoms with E-state index < -0.39 is 5.97 Å². The lowest BCUT2D eigenvalue weighted by Crippen LogP contribution is -2.32. The monoisotopic (exact) mass is 332 g/mol. The van der Waals surface area contributed by atoms with Crippen molar-refractivity contribution in [2.24, 2.45) is 0 Å². The van der Waals surface area contributed by atoms with E-state index >= 15 is 0 Å². The summed E-state index contributed by atoms with van der Waals surface area (Å²) in [6, 6.07) is 9.74. The molecule has 1 N–H and O–H groups in total. The Morgan fingerprint density at radius 1 is 1.17 bits per heavy atom. The summed E-state index contributed by atoms with van der Waals surface area (Å²) in [5.41, 5.74) is 1.05. The second-order valence-electron chi connectivity index (χ2n) is 5.22. The predicted molar refractivity (Wildman–Crippen MR) is 89.2 cm³/mol. The summed E-state index contributed by atoms with van der Waals surface area (Å²) in [6.07, 6.45) is 3.30. The molecule has 0 fully saturated rings. The number of carboxylic acid groups (broad SMARTS) is 1. The molecule has 1 aromatic carbocycles. The van der Waals surface area contributed by atoms with Gasteiger partial charge in [-0.3, -0.25) is 9.59 Å². The van der Waals surface area contributed by atoms with Crippen LogP contribution in [0.25, 0.3) is 0 Å². The second-order valence-corrected chi connectivity index (χ2v) is 6.20. The van der Waals surface area contributed by atoms with Crippen LogP contribution in [0.1, 0.15) is 29.8 Å². The minimum atomic E-state index is -0.833. The van der Waals surface area contributed by atoms with E-state index in [0.29, 0.717) is 32.4 Å². The van der Waals surface area contributed by atoms with Crippen LogP contribution in [0.4, 0.5) is 0 Å². The molecule has 0 unspecified atom stereocenters. The summed E-state index contributed by atoms with van der Waals surface area (Å²) >= 11 is 1.54. The van der Waals surface area contributed by atoms with E-state index in [1.54, 1.807) is 22.4 Å². The second kappa shape index (κ2) is 9.05. The van der Waals surface area contributed by atoms with Gasteiger partial charge < -0.3 is 10.0 Å². The summed E-state index contributed by atoms with van der Waals surface area (Å²) in [5.74, 6) is -0.797. The van der Waals surface area contributed by atoms with Gasteiger partial charge in [0.25, 0.3) is 0 Å². The van der Waals surface area contributed by atoms with Crippen molar-refractivity contribution in [3.8, 4) is 0 Å². The molecule has 1 aromatic heterocycles. The number of benzene rings is 1. The average Bonchev–Trinajstić information content (AvgIpc) is 3.06. The Hall–Kier alpha value is -2.21. The quantitative estimate of drug-likeness (QED) is 0.766. The molecule has 0 atom stereocenters. The molecule has 0 aliphatic carbocycles. The molecule has 5 nitrogen and oxygen atoms in total. The van der Waals surface area contributed by atoms with E-state index in [9.17, 15) is 9.59 Å². The summed E-state index contributed by atoms with van der Waals surface area (Å²) in [4.78, 5) is 29.1. The van der Waals surface area contributed by atoms with E-state index in [1.165, 1.54) is 0 Å². The Kier molecular flexibility index (Phi) is 6.75. The van der Waals surface area contributed by atoms with Crippen LogP contribution in [-0.2, 0) is 22.6 Å². The van der Waals surface area contributed by atoms with Crippen molar-refractivity contribution >= 4 is 23.2 Å². The lowest BCUT2D eigenvalue weighted by atomic mass is 10.2. The van der Waals surface area contributed by atoms with E-state index in [-0.39, 0.29) is 12.3 Å². The third-order valence-electron chi connectivity index (χ3n) is 3.42. The maximum absolute atomic E-state index is 12.5.